The van der Waals surface area contributed by atoms with Crippen LogP contribution in [0.3, 0.4) is 0 Å². The number of nitrogens with zero attached hydrogens (tertiary/aromatic N) is 2. The third-order valence-electron chi connectivity index (χ3n) is 4.05. The molecule has 3 rings (SSSR count). The van der Waals surface area contributed by atoms with Crippen molar-refractivity contribution in [3.63, 3.8) is 0 Å². The second-order valence-corrected chi connectivity index (χ2v) is 6.39. The highest BCUT2D eigenvalue weighted by molar-refractivity contribution is 5.96. The molecule has 0 aliphatic rings. The third-order valence-corrected chi connectivity index (χ3v) is 4.05. The van der Waals surface area contributed by atoms with Crippen LogP contribution in [0.5, 0.6) is 0 Å². The number of primary amides is 1. The van der Waals surface area contributed by atoms with Crippen molar-refractivity contribution in [1.82, 2.24) is 9.78 Å². The molecule has 0 spiro atoms. The lowest BCUT2D eigenvalue weighted by Gasteiger charge is -2.05. The summed E-state index contributed by atoms with van der Waals surface area (Å²) >= 11 is 0. The fraction of sp³-hybridized carbons (Fsp3) is 0.0909. The summed E-state index contributed by atoms with van der Waals surface area (Å²) in [4.78, 5) is 34.7. The molecule has 152 valence electrons. The molecule has 1 aromatic heterocycles. The van der Waals surface area contributed by atoms with Gasteiger partial charge >= 0.3 is 5.97 Å². The number of nitrogens with two attached hydrogens (primary N) is 1. The molecule has 3 N–H and O–H groups in total. The molecule has 0 atom stereocenters. The Labute approximate surface area is 173 Å². The molecule has 0 radical (unpaired) electrons. The zero-order valence-corrected chi connectivity index (χ0v) is 16.0. The van der Waals surface area contributed by atoms with Crippen molar-refractivity contribution in [2.45, 2.75) is 6.54 Å². The van der Waals surface area contributed by atoms with Crippen LogP contribution in [-0.4, -0.2) is 34.2 Å². The Hall–Kier alpha value is -4.20. The number of hydrogen-bond acceptors (Lipinski definition) is 5. The summed E-state index contributed by atoms with van der Waals surface area (Å²) < 4.78 is 6.68. The van der Waals surface area contributed by atoms with Crippen LogP contribution in [-0.2, 0) is 20.9 Å². The second-order valence-electron chi connectivity index (χ2n) is 6.39. The Morgan fingerprint density at radius 2 is 1.80 bits per heavy atom. The van der Waals surface area contributed by atoms with Gasteiger partial charge in [-0.05, 0) is 35.9 Å². The first-order valence-corrected chi connectivity index (χ1v) is 9.10. The number of rotatable bonds is 8. The van der Waals surface area contributed by atoms with E-state index in [1.54, 1.807) is 23.2 Å². The molecule has 0 aliphatic carbocycles. The van der Waals surface area contributed by atoms with E-state index in [0.717, 1.165) is 11.1 Å². The molecule has 0 unspecified atom stereocenters. The number of aromatic nitrogens is 2. The first kappa shape index (κ1) is 20.5. The Morgan fingerprint density at radius 1 is 1.07 bits per heavy atom. The van der Waals surface area contributed by atoms with Gasteiger partial charge in [0, 0.05) is 29.1 Å². The summed E-state index contributed by atoms with van der Waals surface area (Å²) in [6, 6.07) is 15.9. The average Bonchev–Trinajstić information content (AvgIpc) is 3.19. The lowest BCUT2D eigenvalue weighted by atomic mass is 10.2. The van der Waals surface area contributed by atoms with Gasteiger partial charge in [-0.3, -0.25) is 14.3 Å². The second kappa shape index (κ2) is 9.83. The molecule has 0 bridgehead atoms. The first-order valence-electron chi connectivity index (χ1n) is 9.10. The number of benzene rings is 2. The predicted octanol–water partition coefficient (Wildman–Crippen LogP) is 2.23. The molecule has 0 saturated carbocycles. The Balaban J connectivity index is 1.44. The molecule has 0 aliphatic heterocycles. The van der Waals surface area contributed by atoms with Gasteiger partial charge in [0.05, 0.1) is 12.7 Å². The summed E-state index contributed by atoms with van der Waals surface area (Å²) in [6.07, 6.45) is 6.24. The molecule has 1 heterocycles. The van der Waals surface area contributed by atoms with Gasteiger partial charge < -0.3 is 15.8 Å². The van der Waals surface area contributed by atoms with E-state index in [1.165, 1.54) is 30.3 Å². The van der Waals surface area contributed by atoms with Gasteiger partial charge in [-0.1, -0.05) is 30.3 Å². The van der Waals surface area contributed by atoms with Crippen molar-refractivity contribution in [2.24, 2.45) is 5.73 Å². The summed E-state index contributed by atoms with van der Waals surface area (Å²) in [6.45, 7) is 0.188. The molecule has 0 saturated heterocycles. The predicted molar refractivity (Wildman–Crippen MR) is 111 cm³/mol. The largest absolute Gasteiger partial charge is 0.452 e. The Kier molecular flexibility index (Phi) is 6.73. The fourth-order valence-electron chi connectivity index (χ4n) is 2.59. The maximum absolute atomic E-state index is 11.9. The van der Waals surface area contributed by atoms with Crippen LogP contribution in [0, 0.1) is 0 Å². The summed E-state index contributed by atoms with van der Waals surface area (Å²) in [7, 11) is 0. The Morgan fingerprint density at radius 3 is 2.50 bits per heavy atom. The van der Waals surface area contributed by atoms with E-state index in [4.69, 9.17) is 10.5 Å². The number of ether oxygens (including phenoxy) is 1. The number of carbonyl (C=O) groups excluding carboxylic acids is 3. The van der Waals surface area contributed by atoms with Crippen LogP contribution in [0.25, 0.3) is 6.08 Å². The van der Waals surface area contributed by atoms with Crippen LogP contribution >= 0.6 is 0 Å². The number of nitrogens with one attached hydrogen (secondary N) is 1. The first-order chi connectivity index (χ1) is 14.5. The van der Waals surface area contributed by atoms with E-state index in [9.17, 15) is 14.4 Å². The Bertz CT molecular complexity index is 1060. The maximum atomic E-state index is 11.9. The van der Waals surface area contributed by atoms with Crippen molar-refractivity contribution >= 4 is 29.5 Å². The minimum atomic E-state index is -0.648. The molecular weight excluding hydrogens is 384 g/mol. The smallest absolute Gasteiger partial charge is 0.331 e. The summed E-state index contributed by atoms with van der Waals surface area (Å²) in [5.41, 5.74) is 7.80. The highest BCUT2D eigenvalue weighted by Crippen LogP contribution is 2.09. The van der Waals surface area contributed by atoms with E-state index >= 15 is 0 Å². The van der Waals surface area contributed by atoms with E-state index in [1.807, 2.05) is 30.3 Å². The summed E-state index contributed by atoms with van der Waals surface area (Å²) in [5, 5.41) is 6.81. The zero-order chi connectivity index (χ0) is 21.3. The van der Waals surface area contributed by atoms with Crippen molar-refractivity contribution in [3.8, 4) is 0 Å². The molecule has 30 heavy (non-hydrogen) atoms. The minimum Gasteiger partial charge on any atom is -0.452 e. The maximum Gasteiger partial charge on any atom is 0.331 e. The summed E-state index contributed by atoms with van der Waals surface area (Å²) in [5.74, 6) is -1.71. The molecule has 8 heteroatoms. The molecule has 2 amide bonds. The minimum absolute atomic E-state index is 0.330. The number of carbonyl (C=O) groups is 3. The SMILES string of the molecule is NC(=O)c1ccc(NC(=O)COC(=O)/C=C/c2cnn(Cc3ccccc3)c2)cc1. The number of amides is 2. The van der Waals surface area contributed by atoms with E-state index in [-0.39, 0.29) is 0 Å². The monoisotopic (exact) mass is 404 g/mol. The van der Waals surface area contributed by atoms with E-state index in [0.29, 0.717) is 17.8 Å². The number of hydrogen-bond donors (Lipinski definition) is 2. The van der Waals surface area contributed by atoms with Crippen molar-refractivity contribution < 1.29 is 19.1 Å². The average molecular weight is 404 g/mol. The third kappa shape index (κ3) is 6.16. The van der Waals surface area contributed by atoms with Crippen molar-refractivity contribution in [2.75, 3.05) is 11.9 Å². The van der Waals surface area contributed by atoms with E-state index in [2.05, 4.69) is 10.4 Å². The van der Waals surface area contributed by atoms with Gasteiger partial charge in [0.1, 0.15) is 0 Å². The topological polar surface area (TPSA) is 116 Å². The fourth-order valence-corrected chi connectivity index (χ4v) is 2.59. The van der Waals surface area contributed by atoms with Gasteiger partial charge in [-0.2, -0.15) is 5.10 Å². The standard InChI is InChI=1S/C22H20N4O4/c23-22(29)18-7-9-19(10-8-18)25-20(27)15-30-21(28)11-6-17-12-24-26(14-17)13-16-4-2-1-3-5-16/h1-12,14H,13,15H2,(H2,23,29)(H,25,27)/b11-6+. The van der Waals surface area contributed by atoms with Gasteiger partial charge in [-0.25, -0.2) is 4.79 Å². The molecule has 2 aromatic carbocycles. The van der Waals surface area contributed by atoms with Gasteiger partial charge in [0.2, 0.25) is 5.91 Å². The van der Waals surface area contributed by atoms with Crippen LogP contribution < -0.4 is 11.1 Å². The van der Waals surface area contributed by atoms with Crippen LogP contribution in [0.2, 0.25) is 0 Å². The van der Waals surface area contributed by atoms with Gasteiger partial charge in [0.15, 0.2) is 6.61 Å². The molecular formula is C22H20N4O4. The number of anilines is 1. The van der Waals surface area contributed by atoms with Gasteiger partial charge in [0.25, 0.3) is 5.91 Å². The highest BCUT2D eigenvalue weighted by Gasteiger charge is 2.07. The molecule has 0 fully saturated rings. The van der Waals surface area contributed by atoms with Crippen LogP contribution in [0.1, 0.15) is 21.5 Å². The quantitative estimate of drug-likeness (QED) is 0.441. The van der Waals surface area contributed by atoms with E-state index < -0.39 is 24.4 Å². The zero-order valence-electron chi connectivity index (χ0n) is 16.0. The normalized spacial score (nSPS) is 10.7. The highest BCUT2D eigenvalue weighted by atomic mass is 16.5. The van der Waals surface area contributed by atoms with Crippen molar-refractivity contribution in [1.29, 1.82) is 0 Å². The lowest BCUT2D eigenvalue weighted by Crippen LogP contribution is -2.20. The molecule has 8 nitrogen and oxygen atoms in total. The van der Waals surface area contributed by atoms with Crippen LogP contribution in [0.15, 0.2) is 73.1 Å². The van der Waals surface area contributed by atoms with Crippen molar-refractivity contribution in [3.05, 3.63) is 89.8 Å². The van der Waals surface area contributed by atoms with Gasteiger partial charge in [-0.15, -0.1) is 0 Å². The lowest BCUT2D eigenvalue weighted by molar-refractivity contribution is -0.142. The number of esters is 1. The van der Waals surface area contributed by atoms with Crippen LogP contribution in [0.4, 0.5) is 5.69 Å². The molecule has 3 aromatic rings.